The average molecular weight is 319 g/mol. The van der Waals surface area contributed by atoms with E-state index in [0.717, 1.165) is 37.2 Å². The van der Waals surface area contributed by atoms with E-state index in [4.69, 9.17) is 4.74 Å². The normalized spacial score (nSPS) is 21.0. The Bertz CT molecular complexity index is 621. The van der Waals surface area contributed by atoms with Crippen LogP contribution in [-0.4, -0.2) is 41.3 Å². The molecule has 0 radical (unpaired) electrons. The van der Waals surface area contributed by atoms with E-state index in [9.17, 15) is 9.50 Å². The van der Waals surface area contributed by atoms with Crippen LogP contribution in [-0.2, 0) is 11.3 Å². The maximum atomic E-state index is 13.0. The lowest BCUT2D eigenvalue weighted by molar-refractivity contribution is 0.124. The minimum Gasteiger partial charge on any atom is -0.396 e. The summed E-state index contributed by atoms with van der Waals surface area (Å²) >= 11 is 0. The van der Waals surface area contributed by atoms with Crippen molar-refractivity contribution in [1.82, 2.24) is 15.1 Å². The molecule has 0 amide bonds. The molecule has 0 spiro atoms. The molecule has 23 heavy (non-hydrogen) atoms. The van der Waals surface area contributed by atoms with Gasteiger partial charge in [0, 0.05) is 43.5 Å². The second-order valence-corrected chi connectivity index (χ2v) is 6.15. The molecule has 1 aromatic heterocycles. The molecular weight excluding hydrogens is 297 g/mol. The van der Waals surface area contributed by atoms with Gasteiger partial charge in [0.25, 0.3) is 0 Å². The van der Waals surface area contributed by atoms with Gasteiger partial charge in [-0.25, -0.2) is 9.07 Å². The number of aliphatic hydroxyl groups is 1. The highest BCUT2D eigenvalue weighted by atomic mass is 19.1. The molecule has 2 N–H and O–H groups in total. The fourth-order valence-electron chi connectivity index (χ4n) is 2.97. The van der Waals surface area contributed by atoms with Gasteiger partial charge in [-0.3, -0.25) is 0 Å². The Morgan fingerprint density at radius 2 is 2.17 bits per heavy atom. The number of hydrogen-bond donors (Lipinski definition) is 2. The second-order valence-electron chi connectivity index (χ2n) is 6.15. The van der Waals surface area contributed by atoms with Crippen LogP contribution in [0, 0.1) is 11.2 Å². The van der Waals surface area contributed by atoms with Crippen molar-refractivity contribution >= 4 is 0 Å². The van der Waals surface area contributed by atoms with Crippen molar-refractivity contribution in [2.75, 3.05) is 26.4 Å². The van der Waals surface area contributed by atoms with Gasteiger partial charge in [-0.1, -0.05) is 0 Å². The van der Waals surface area contributed by atoms with E-state index in [1.165, 1.54) is 12.1 Å². The van der Waals surface area contributed by atoms with Crippen molar-refractivity contribution in [2.45, 2.75) is 19.4 Å². The molecule has 0 bridgehead atoms. The number of aromatic nitrogens is 2. The second kappa shape index (κ2) is 7.21. The number of halogens is 1. The van der Waals surface area contributed by atoms with E-state index in [1.807, 2.05) is 6.20 Å². The molecule has 124 valence electrons. The highest BCUT2D eigenvalue weighted by Crippen LogP contribution is 2.31. The molecule has 5 nitrogen and oxygen atoms in total. The third-order valence-electron chi connectivity index (χ3n) is 4.38. The van der Waals surface area contributed by atoms with Gasteiger partial charge in [0.15, 0.2) is 0 Å². The maximum absolute atomic E-state index is 13.0. The predicted molar refractivity (Wildman–Crippen MR) is 84.8 cm³/mol. The van der Waals surface area contributed by atoms with Crippen LogP contribution in [0.25, 0.3) is 5.69 Å². The molecule has 1 unspecified atom stereocenters. The lowest BCUT2D eigenvalue weighted by Gasteiger charge is -2.26. The van der Waals surface area contributed by atoms with Crippen molar-refractivity contribution in [1.29, 1.82) is 0 Å². The van der Waals surface area contributed by atoms with Crippen molar-refractivity contribution in [3.63, 3.8) is 0 Å². The summed E-state index contributed by atoms with van der Waals surface area (Å²) in [5.41, 5.74) is 1.94. The van der Waals surface area contributed by atoms with Crippen molar-refractivity contribution in [3.05, 3.63) is 48.0 Å². The SMILES string of the molecule is OCCC1(CNCc2cnn(-c3ccc(F)cc3)c2)CCOC1. The summed E-state index contributed by atoms with van der Waals surface area (Å²) in [7, 11) is 0. The summed E-state index contributed by atoms with van der Waals surface area (Å²) in [6, 6.07) is 6.25. The van der Waals surface area contributed by atoms with E-state index in [0.29, 0.717) is 13.2 Å². The minimum atomic E-state index is -0.254. The number of hydrogen-bond acceptors (Lipinski definition) is 4. The molecule has 0 saturated carbocycles. The summed E-state index contributed by atoms with van der Waals surface area (Å²) < 4.78 is 20.2. The minimum absolute atomic E-state index is 0.0434. The topological polar surface area (TPSA) is 59.3 Å². The Labute approximate surface area is 135 Å². The highest BCUT2D eigenvalue weighted by molar-refractivity contribution is 5.31. The summed E-state index contributed by atoms with van der Waals surface area (Å²) in [5, 5.41) is 17.0. The molecule has 1 saturated heterocycles. The number of nitrogens with one attached hydrogen (secondary N) is 1. The predicted octanol–water partition coefficient (Wildman–Crippen LogP) is 1.89. The third kappa shape index (κ3) is 3.96. The van der Waals surface area contributed by atoms with Gasteiger partial charge in [0.2, 0.25) is 0 Å². The third-order valence-corrected chi connectivity index (χ3v) is 4.38. The average Bonchev–Trinajstić information content (AvgIpc) is 3.19. The van der Waals surface area contributed by atoms with Gasteiger partial charge in [-0.2, -0.15) is 5.10 Å². The first-order valence-electron chi connectivity index (χ1n) is 7.90. The Hall–Kier alpha value is -1.76. The van der Waals surface area contributed by atoms with Crippen LogP contribution in [0.4, 0.5) is 4.39 Å². The lowest BCUT2D eigenvalue weighted by atomic mass is 9.84. The Morgan fingerprint density at radius 3 is 2.87 bits per heavy atom. The monoisotopic (exact) mass is 319 g/mol. The molecule has 1 aromatic carbocycles. The van der Waals surface area contributed by atoms with Crippen LogP contribution in [0.15, 0.2) is 36.7 Å². The van der Waals surface area contributed by atoms with E-state index >= 15 is 0 Å². The molecule has 6 heteroatoms. The van der Waals surface area contributed by atoms with E-state index < -0.39 is 0 Å². The van der Waals surface area contributed by atoms with Crippen LogP contribution in [0.2, 0.25) is 0 Å². The van der Waals surface area contributed by atoms with E-state index in [2.05, 4.69) is 10.4 Å². The quantitative estimate of drug-likeness (QED) is 0.818. The van der Waals surface area contributed by atoms with Crippen LogP contribution >= 0.6 is 0 Å². The van der Waals surface area contributed by atoms with Gasteiger partial charge in [0.1, 0.15) is 5.82 Å². The zero-order valence-electron chi connectivity index (χ0n) is 13.0. The maximum Gasteiger partial charge on any atom is 0.123 e. The molecular formula is C17H22FN3O2. The number of rotatable bonds is 7. The van der Waals surface area contributed by atoms with Crippen molar-refractivity contribution in [2.24, 2.45) is 5.41 Å². The largest absolute Gasteiger partial charge is 0.396 e. The lowest BCUT2D eigenvalue weighted by Crippen LogP contribution is -2.35. The Balaban J connectivity index is 1.56. The molecule has 1 aliphatic heterocycles. The van der Waals surface area contributed by atoms with Gasteiger partial charge in [-0.15, -0.1) is 0 Å². The summed E-state index contributed by atoms with van der Waals surface area (Å²) in [4.78, 5) is 0. The standard InChI is InChI=1S/C17H22FN3O2/c18-15-1-3-16(4-2-15)21-11-14(10-20-21)9-19-12-17(5-7-22)6-8-23-13-17/h1-4,10-11,19,22H,5-9,12-13H2. The zero-order valence-corrected chi connectivity index (χ0v) is 13.0. The van der Waals surface area contributed by atoms with E-state index in [-0.39, 0.29) is 17.8 Å². The first kappa shape index (κ1) is 16.1. The fraction of sp³-hybridized carbons (Fsp3) is 0.471. The number of nitrogens with zero attached hydrogens (tertiary/aromatic N) is 2. The van der Waals surface area contributed by atoms with Crippen molar-refractivity contribution in [3.8, 4) is 5.69 Å². The molecule has 2 heterocycles. The zero-order chi connectivity index (χ0) is 16.1. The molecule has 2 aromatic rings. The van der Waals surface area contributed by atoms with Gasteiger partial charge < -0.3 is 15.2 Å². The van der Waals surface area contributed by atoms with Crippen LogP contribution in [0.1, 0.15) is 18.4 Å². The van der Waals surface area contributed by atoms with Gasteiger partial charge in [0.05, 0.1) is 18.5 Å². The fourth-order valence-corrected chi connectivity index (χ4v) is 2.97. The number of aliphatic hydroxyl groups excluding tert-OH is 1. The Kier molecular flexibility index (Phi) is 5.05. The molecule has 1 atom stereocenters. The van der Waals surface area contributed by atoms with Crippen LogP contribution in [0.3, 0.4) is 0 Å². The highest BCUT2D eigenvalue weighted by Gasteiger charge is 2.33. The number of benzene rings is 1. The van der Waals surface area contributed by atoms with Crippen LogP contribution < -0.4 is 5.32 Å². The summed E-state index contributed by atoms with van der Waals surface area (Å²) in [6.07, 6.45) is 5.48. The van der Waals surface area contributed by atoms with Gasteiger partial charge in [-0.05, 0) is 37.1 Å². The summed E-state index contributed by atoms with van der Waals surface area (Å²) in [5.74, 6) is -0.254. The molecule has 3 rings (SSSR count). The number of ether oxygens (including phenoxy) is 1. The Morgan fingerprint density at radius 1 is 1.35 bits per heavy atom. The van der Waals surface area contributed by atoms with E-state index in [1.54, 1.807) is 23.0 Å². The smallest absolute Gasteiger partial charge is 0.123 e. The molecule has 0 aliphatic carbocycles. The van der Waals surface area contributed by atoms with Crippen molar-refractivity contribution < 1.29 is 14.2 Å². The molecule has 1 aliphatic rings. The summed E-state index contributed by atoms with van der Waals surface area (Å²) in [6.45, 7) is 3.18. The van der Waals surface area contributed by atoms with Crippen LogP contribution in [0.5, 0.6) is 0 Å². The molecule has 1 fully saturated rings. The first-order valence-corrected chi connectivity index (χ1v) is 7.90. The van der Waals surface area contributed by atoms with Gasteiger partial charge >= 0.3 is 0 Å². The first-order chi connectivity index (χ1) is 11.2.